The molecule has 1 fully saturated rings. The number of rotatable bonds is 2. The van der Waals surface area contributed by atoms with E-state index in [4.69, 9.17) is 0 Å². The van der Waals surface area contributed by atoms with E-state index in [0.29, 0.717) is 0 Å². The smallest absolute Gasteiger partial charge is 0.294 e. The molecule has 0 aromatic rings. The van der Waals surface area contributed by atoms with Crippen LogP contribution in [0.15, 0.2) is 0 Å². The van der Waals surface area contributed by atoms with E-state index in [-0.39, 0.29) is 10.7 Å². The minimum Gasteiger partial charge on any atom is -0.294 e. The van der Waals surface area contributed by atoms with Gasteiger partial charge in [0.1, 0.15) is 6.04 Å². The van der Waals surface area contributed by atoms with Gasteiger partial charge in [0.15, 0.2) is 0 Å². The van der Waals surface area contributed by atoms with Crippen molar-refractivity contribution in [1.29, 1.82) is 0 Å². The number of amides is 2. The molecular weight excluding hydrogens is 265 g/mol. The van der Waals surface area contributed by atoms with Gasteiger partial charge in [-0.15, -0.1) is 0 Å². The summed E-state index contributed by atoms with van der Waals surface area (Å²) in [6.45, 7) is 0.338. The molecule has 0 aliphatic carbocycles. The van der Waals surface area contributed by atoms with Gasteiger partial charge in [-0.1, -0.05) is 6.92 Å². The molecule has 0 saturated carbocycles. The van der Waals surface area contributed by atoms with Crippen LogP contribution >= 0.6 is 0 Å². The molecule has 0 bridgehead atoms. The molecule has 0 aromatic carbocycles. The number of nitrogens with one attached hydrogen (secondary N) is 1. The van der Waals surface area contributed by atoms with Crippen molar-refractivity contribution in [2.24, 2.45) is 0 Å². The average molecular weight is 274 g/mol. The number of hydrogen-bond donors (Lipinski definition) is 1. The lowest BCUT2D eigenvalue weighted by Crippen LogP contribution is -2.61. The van der Waals surface area contributed by atoms with Crippen molar-refractivity contribution in [2.75, 3.05) is 6.54 Å². The van der Waals surface area contributed by atoms with Crippen LogP contribution in [0.25, 0.3) is 0 Å². The maximum Gasteiger partial charge on any atom is 0.511 e. The van der Waals surface area contributed by atoms with Crippen LogP contribution in [-0.2, 0) is 19.6 Å². The molecule has 1 atom stereocenters. The van der Waals surface area contributed by atoms with E-state index in [1.54, 1.807) is 5.32 Å². The number of hydrogen-bond acceptors (Lipinski definition) is 4. The van der Waals surface area contributed by atoms with Crippen molar-refractivity contribution in [1.82, 2.24) is 9.62 Å². The van der Waals surface area contributed by atoms with Gasteiger partial charge >= 0.3 is 15.5 Å². The second-order valence-electron chi connectivity index (χ2n) is 3.33. The molecule has 6 nitrogen and oxygen atoms in total. The summed E-state index contributed by atoms with van der Waals surface area (Å²) in [6, 6.07) is -1.51. The first-order chi connectivity index (χ1) is 7.61. The Balaban J connectivity index is 3.18. The first-order valence-corrected chi connectivity index (χ1v) is 5.97. The summed E-state index contributed by atoms with van der Waals surface area (Å²) < 4.78 is 59.1. The number of halogens is 3. The Hall–Kier alpha value is -1.16. The normalized spacial score (nSPS) is 23.6. The first kappa shape index (κ1) is 13.9. The summed E-state index contributed by atoms with van der Waals surface area (Å²) in [5.74, 6) is -2.12. The third-order valence-electron chi connectivity index (χ3n) is 2.20. The van der Waals surface area contributed by atoms with E-state index in [0.717, 1.165) is 0 Å². The number of sulfonamides is 1. The summed E-state index contributed by atoms with van der Waals surface area (Å²) in [6.07, 6.45) is -0.158. The lowest BCUT2D eigenvalue weighted by Gasteiger charge is -2.32. The third kappa shape index (κ3) is 2.41. The predicted molar refractivity (Wildman–Crippen MR) is 48.9 cm³/mol. The molecule has 1 rings (SSSR count). The first-order valence-electron chi connectivity index (χ1n) is 4.53. The number of piperazine rings is 1. The van der Waals surface area contributed by atoms with Crippen LogP contribution in [0.3, 0.4) is 0 Å². The number of carbonyl (C=O) groups is 2. The fraction of sp³-hybridized carbons (Fsp3) is 0.714. The minimum atomic E-state index is -5.67. The van der Waals surface area contributed by atoms with E-state index >= 15 is 0 Å². The Morgan fingerprint density at radius 1 is 1.41 bits per heavy atom. The number of imide groups is 1. The average Bonchev–Trinajstić information content (AvgIpc) is 2.14. The van der Waals surface area contributed by atoms with Gasteiger partial charge in [0.2, 0.25) is 11.8 Å². The van der Waals surface area contributed by atoms with Crippen molar-refractivity contribution in [3.8, 4) is 0 Å². The summed E-state index contributed by atoms with van der Waals surface area (Å²) in [7, 11) is -5.67. The zero-order chi connectivity index (χ0) is 13.4. The summed E-state index contributed by atoms with van der Waals surface area (Å²) in [5, 5.41) is 1.78. The Morgan fingerprint density at radius 2 is 1.94 bits per heavy atom. The highest BCUT2D eigenvalue weighted by atomic mass is 32.2. The van der Waals surface area contributed by atoms with E-state index in [1.165, 1.54) is 6.92 Å². The van der Waals surface area contributed by atoms with E-state index in [9.17, 15) is 31.2 Å². The van der Waals surface area contributed by atoms with Crippen LogP contribution in [-0.4, -0.2) is 42.6 Å². The quantitative estimate of drug-likeness (QED) is 0.693. The van der Waals surface area contributed by atoms with E-state index in [1.807, 2.05) is 0 Å². The molecule has 1 heterocycles. The van der Waals surface area contributed by atoms with Gasteiger partial charge in [-0.3, -0.25) is 14.9 Å². The van der Waals surface area contributed by atoms with Gasteiger partial charge in [-0.05, 0) is 6.42 Å². The third-order valence-corrected chi connectivity index (χ3v) is 3.79. The van der Waals surface area contributed by atoms with Gasteiger partial charge in [-0.25, -0.2) is 8.42 Å². The summed E-state index contributed by atoms with van der Waals surface area (Å²) in [5.41, 5.74) is -5.53. The fourth-order valence-electron chi connectivity index (χ4n) is 1.42. The standard InChI is InChI=1S/C7H9F3N2O4S/c1-2-4-6(14)11-5(13)3-12(4)17(15,16)7(8,9)10/h4H,2-3H2,1H3,(H,11,13,14). The minimum absolute atomic E-state index is 0.117. The largest absolute Gasteiger partial charge is 0.511 e. The SMILES string of the molecule is CCC1C(=O)NC(=O)CN1S(=O)(=O)C(F)(F)F. The Labute approximate surface area is 94.8 Å². The molecule has 17 heavy (non-hydrogen) atoms. The molecule has 98 valence electrons. The molecule has 0 radical (unpaired) electrons. The van der Waals surface area contributed by atoms with Gasteiger partial charge in [-0.2, -0.15) is 17.5 Å². The highest BCUT2D eigenvalue weighted by Crippen LogP contribution is 2.29. The monoisotopic (exact) mass is 274 g/mol. The molecule has 1 aliphatic rings. The Bertz CT molecular complexity index is 445. The number of nitrogens with zero attached hydrogens (tertiary/aromatic N) is 1. The van der Waals surface area contributed by atoms with Crippen LogP contribution in [0.4, 0.5) is 13.2 Å². The lowest BCUT2D eigenvalue weighted by molar-refractivity contribution is -0.137. The van der Waals surface area contributed by atoms with Crippen LogP contribution in [0.5, 0.6) is 0 Å². The second kappa shape index (κ2) is 4.26. The summed E-state index contributed by atoms with van der Waals surface area (Å²) in [4.78, 5) is 22.1. The van der Waals surface area contributed by atoms with Gasteiger partial charge < -0.3 is 0 Å². The predicted octanol–water partition coefficient (Wildman–Crippen LogP) is -0.427. The topological polar surface area (TPSA) is 83.6 Å². The molecular formula is C7H9F3N2O4S. The van der Waals surface area contributed by atoms with Crippen molar-refractivity contribution in [3.63, 3.8) is 0 Å². The molecule has 1 saturated heterocycles. The molecule has 1 N–H and O–H groups in total. The maximum atomic E-state index is 12.3. The summed E-state index contributed by atoms with van der Waals surface area (Å²) >= 11 is 0. The van der Waals surface area contributed by atoms with E-state index < -0.39 is 39.9 Å². The molecule has 1 unspecified atom stereocenters. The van der Waals surface area contributed by atoms with Gasteiger partial charge in [0, 0.05) is 0 Å². The zero-order valence-corrected chi connectivity index (χ0v) is 9.43. The molecule has 0 aromatic heterocycles. The highest BCUT2D eigenvalue weighted by molar-refractivity contribution is 7.90. The van der Waals surface area contributed by atoms with Crippen molar-refractivity contribution in [2.45, 2.75) is 24.9 Å². The molecule has 10 heteroatoms. The fourth-order valence-corrected chi connectivity index (χ4v) is 2.55. The highest BCUT2D eigenvalue weighted by Gasteiger charge is 2.54. The maximum absolute atomic E-state index is 12.3. The van der Waals surface area contributed by atoms with E-state index in [2.05, 4.69) is 0 Å². The molecule has 0 spiro atoms. The van der Waals surface area contributed by atoms with Crippen molar-refractivity contribution >= 4 is 21.8 Å². The molecule has 2 amide bonds. The molecule has 1 aliphatic heterocycles. The van der Waals surface area contributed by atoms with Crippen LogP contribution in [0, 0.1) is 0 Å². The van der Waals surface area contributed by atoms with Crippen LogP contribution in [0.2, 0.25) is 0 Å². The zero-order valence-electron chi connectivity index (χ0n) is 8.61. The lowest BCUT2D eigenvalue weighted by atomic mass is 10.2. The number of carbonyl (C=O) groups excluding carboxylic acids is 2. The van der Waals surface area contributed by atoms with Crippen molar-refractivity contribution < 1.29 is 31.2 Å². The second-order valence-corrected chi connectivity index (χ2v) is 5.21. The van der Waals surface area contributed by atoms with Gasteiger partial charge in [0.25, 0.3) is 0 Å². The van der Waals surface area contributed by atoms with Gasteiger partial charge in [0.05, 0.1) is 6.54 Å². The Morgan fingerprint density at radius 3 is 2.35 bits per heavy atom. The van der Waals surface area contributed by atoms with Crippen LogP contribution < -0.4 is 5.32 Å². The Kier molecular flexibility index (Phi) is 3.48. The van der Waals surface area contributed by atoms with Crippen molar-refractivity contribution in [3.05, 3.63) is 0 Å². The number of alkyl halides is 3. The van der Waals surface area contributed by atoms with Crippen LogP contribution in [0.1, 0.15) is 13.3 Å².